The molecule has 0 unspecified atom stereocenters. The highest BCUT2D eigenvalue weighted by molar-refractivity contribution is 7.85. The largest absolute Gasteiger partial charge is 0.391 e. The van der Waals surface area contributed by atoms with Crippen LogP contribution in [-0.2, 0) is 14.9 Å². The van der Waals surface area contributed by atoms with Crippen LogP contribution in [0, 0.1) is 0 Å². The lowest BCUT2D eigenvalue weighted by Gasteiger charge is -2.13. The first-order valence-corrected chi connectivity index (χ1v) is 5.51. The highest BCUT2D eigenvalue weighted by Gasteiger charge is 2.18. The van der Waals surface area contributed by atoms with E-state index in [1.54, 1.807) is 0 Å². The van der Waals surface area contributed by atoms with Crippen molar-refractivity contribution in [2.24, 2.45) is 5.73 Å². The summed E-state index contributed by atoms with van der Waals surface area (Å²) in [4.78, 5) is 11.0. The van der Waals surface area contributed by atoms with Crippen molar-refractivity contribution in [3.63, 3.8) is 0 Å². The number of nitrogens with two attached hydrogens (primary N) is 1. The zero-order valence-corrected chi connectivity index (χ0v) is 8.49. The standard InChI is InChI=1S/C6H14N2O5S/c1-4(9)5(7)6(10)8-2-3-14(11,12)13/h4-5,9H,2-3,7H2,1H3,(H,8,10)(H,11,12,13)/t4-,5+/m1/s1. The second kappa shape index (κ2) is 5.25. The predicted molar refractivity (Wildman–Crippen MR) is 49.1 cm³/mol. The second-order valence-electron chi connectivity index (χ2n) is 2.84. The molecule has 8 heteroatoms. The Kier molecular flexibility index (Phi) is 4.99. The Balaban J connectivity index is 3.87. The summed E-state index contributed by atoms with van der Waals surface area (Å²) < 4.78 is 28.8. The SMILES string of the molecule is C[C@@H](O)[C@H](N)C(=O)NCCS(=O)(=O)O. The van der Waals surface area contributed by atoms with E-state index in [2.05, 4.69) is 5.32 Å². The van der Waals surface area contributed by atoms with E-state index in [9.17, 15) is 13.2 Å². The maximum Gasteiger partial charge on any atom is 0.266 e. The molecule has 0 rings (SSSR count). The zero-order chi connectivity index (χ0) is 11.4. The summed E-state index contributed by atoms with van der Waals surface area (Å²) in [6, 6.07) is -1.10. The van der Waals surface area contributed by atoms with Crippen LogP contribution in [0.5, 0.6) is 0 Å². The number of nitrogens with one attached hydrogen (secondary N) is 1. The average Bonchev–Trinajstić information content (AvgIpc) is 2.00. The lowest BCUT2D eigenvalue weighted by atomic mass is 10.2. The van der Waals surface area contributed by atoms with Gasteiger partial charge in [0, 0.05) is 6.54 Å². The number of aliphatic hydroxyl groups excluding tert-OH is 1. The monoisotopic (exact) mass is 226 g/mol. The highest BCUT2D eigenvalue weighted by Crippen LogP contribution is 1.88. The van der Waals surface area contributed by atoms with E-state index in [0.717, 1.165) is 0 Å². The van der Waals surface area contributed by atoms with Gasteiger partial charge in [0.15, 0.2) is 0 Å². The number of amides is 1. The third kappa shape index (κ3) is 5.86. The second-order valence-corrected chi connectivity index (χ2v) is 4.42. The molecular weight excluding hydrogens is 212 g/mol. The molecule has 0 heterocycles. The molecule has 0 aromatic rings. The first-order valence-electron chi connectivity index (χ1n) is 3.90. The smallest absolute Gasteiger partial charge is 0.266 e. The molecule has 0 aromatic carbocycles. The fourth-order valence-corrected chi connectivity index (χ4v) is 1.00. The number of aliphatic hydroxyl groups is 1. The van der Waals surface area contributed by atoms with Crippen molar-refractivity contribution in [1.82, 2.24) is 5.32 Å². The normalized spacial score (nSPS) is 16.0. The third-order valence-electron chi connectivity index (χ3n) is 1.48. The molecule has 0 spiro atoms. The molecule has 0 aliphatic rings. The summed E-state index contributed by atoms with van der Waals surface area (Å²) in [5.74, 6) is -1.24. The number of carbonyl (C=O) groups excluding carboxylic acids is 1. The maximum absolute atomic E-state index is 11.0. The number of carbonyl (C=O) groups is 1. The highest BCUT2D eigenvalue weighted by atomic mass is 32.2. The lowest BCUT2D eigenvalue weighted by molar-refractivity contribution is -0.124. The lowest BCUT2D eigenvalue weighted by Crippen LogP contribution is -2.48. The fraction of sp³-hybridized carbons (Fsp3) is 0.833. The fourth-order valence-electron chi connectivity index (χ4n) is 0.640. The minimum atomic E-state index is -4.08. The molecule has 0 bridgehead atoms. The van der Waals surface area contributed by atoms with Crippen molar-refractivity contribution in [1.29, 1.82) is 0 Å². The van der Waals surface area contributed by atoms with E-state index in [4.69, 9.17) is 15.4 Å². The predicted octanol–water partition coefficient (Wildman–Crippen LogP) is -2.30. The molecule has 0 saturated carbocycles. The van der Waals surface area contributed by atoms with Crippen LogP contribution in [0.3, 0.4) is 0 Å². The van der Waals surface area contributed by atoms with E-state index in [1.165, 1.54) is 6.92 Å². The van der Waals surface area contributed by atoms with Crippen LogP contribution in [0.25, 0.3) is 0 Å². The van der Waals surface area contributed by atoms with Gasteiger partial charge in [0.1, 0.15) is 6.04 Å². The third-order valence-corrected chi connectivity index (χ3v) is 2.20. The van der Waals surface area contributed by atoms with Gasteiger partial charge in [0.05, 0.1) is 11.9 Å². The van der Waals surface area contributed by atoms with Gasteiger partial charge in [-0.15, -0.1) is 0 Å². The number of hydrogen-bond acceptors (Lipinski definition) is 5. The van der Waals surface area contributed by atoms with E-state index < -0.39 is 33.9 Å². The van der Waals surface area contributed by atoms with Crippen molar-refractivity contribution in [3.05, 3.63) is 0 Å². The Labute approximate surface area is 82.0 Å². The van der Waals surface area contributed by atoms with Gasteiger partial charge in [0.25, 0.3) is 10.1 Å². The van der Waals surface area contributed by atoms with Crippen LogP contribution in [0.1, 0.15) is 6.92 Å². The van der Waals surface area contributed by atoms with Gasteiger partial charge in [-0.3, -0.25) is 9.35 Å². The quantitative estimate of drug-likeness (QED) is 0.390. The minimum Gasteiger partial charge on any atom is -0.391 e. The van der Waals surface area contributed by atoms with Gasteiger partial charge in [-0.1, -0.05) is 0 Å². The van der Waals surface area contributed by atoms with Crippen molar-refractivity contribution < 1.29 is 22.9 Å². The Bertz CT molecular complexity index is 287. The van der Waals surface area contributed by atoms with E-state index >= 15 is 0 Å². The van der Waals surface area contributed by atoms with Gasteiger partial charge < -0.3 is 16.2 Å². The van der Waals surface area contributed by atoms with Gasteiger partial charge >= 0.3 is 0 Å². The first-order chi connectivity index (χ1) is 6.24. The van der Waals surface area contributed by atoms with Crippen LogP contribution < -0.4 is 11.1 Å². The molecule has 14 heavy (non-hydrogen) atoms. The van der Waals surface area contributed by atoms with Crippen LogP contribution in [0.2, 0.25) is 0 Å². The van der Waals surface area contributed by atoms with E-state index in [1.807, 2.05) is 0 Å². The first kappa shape index (κ1) is 13.3. The van der Waals surface area contributed by atoms with Gasteiger partial charge in [-0.25, -0.2) is 0 Å². The number of rotatable bonds is 5. The number of hydrogen-bond donors (Lipinski definition) is 4. The molecule has 1 amide bonds. The molecular formula is C6H14N2O5S. The Hall–Kier alpha value is -0.700. The molecule has 0 saturated heterocycles. The van der Waals surface area contributed by atoms with Crippen LogP contribution in [0.15, 0.2) is 0 Å². The molecule has 0 radical (unpaired) electrons. The average molecular weight is 226 g/mol. The molecule has 84 valence electrons. The van der Waals surface area contributed by atoms with E-state index in [-0.39, 0.29) is 6.54 Å². The van der Waals surface area contributed by atoms with E-state index in [0.29, 0.717) is 0 Å². The molecule has 2 atom stereocenters. The van der Waals surface area contributed by atoms with Crippen molar-refractivity contribution in [2.45, 2.75) is 19.1 Å². The molecule has 5 N–H and O–H groups in total. The topological polar surface area (TPSA) is 130 Å². The Morgan fingerprint density at radius 2 is 2.07 bits per heavy atom. The van der Waals surface area contributed by atoms with Crippen LogP contribution in [0.4, 0.5) is 0 Å². The summed E-state index contributed by atoms with van der Waals surface area (Å²) in [6.45, 7) is 1.10. The minimum absolute atomic E-state index is 0.238. The summed E-state index contributed by atoms with van der Waals surface area (Å²) in [5.41, 5.74) is 5.24. The maximum atomic E-state index is 11.0. The Morgan fingerprint density at radius 3 is 2.43 bits per heavy atom. The van der Waals surface area contributed by atoms with Crippen LogP contribution in [-0.4, -0.2) is 48.4 Å². The van der Waals surface area contributed by atoms with Crippen molar-refractivity contribution >= 4 is 16.0 Å². The van der Waals surface area contributed by atoms with Crippen LogP contribution >= 0.6 is 0 Å². The van der Waals surface area contributed by atoms with Gasteiger partial charge in [-0.2, -0.15) is 8.42 Å². The molecule has 0 aliphatic carbocycles. The van der Waals surface area contributed by atoms with Crippen molar-refractivity contribution in [3.8, 4) is 0 Å². The molecule has 0 aromatic heterocycles. The molecule has 0 fully saturated rings. The molecule has 7 nitrogen and oxygen atoms in total. The van der Waals surface area contributed by atoms with Gasteiger partial charge in [-0.05, 0) is 6.92 Å². The summed E-state index contributed by atoms with van der Waals surface area (Å²) in [7, 11) is -4.08. The summed E-state index contributed by atoms with van der Waals surface area (Å²) >= 11 is 0. The van der Waals surface area contributed by atoms with Crippen molar-refractivity contribution in [2.75, 3.05) is 12.3 Å². The Morgan fingerprint density at radius 1 is 1.57 bits per heavy atom. The molecule has 0 aliphatic heterocycles. The zero-order valence-electron chi connectivity index (χ0n) is 7.67. The summed E-state index contributed by atoms with van der Waals surface area (Å²) in [6.07, 6.45) is -1.01. The summed E-state index contributed by atoms with van der Waals surface area (Å²) in [5, 5.41) is 11.1. The van der Waals surface area contributed by atoms with Gasteiger partial charge in [0.2, 0.25) is 5.91 Å².